The first-order valence-corrected chi connectivity index (χ1v) is 14.6. The second-order valence-corrected chi connectivity index (χ2v) is 11.3. The van der Waals surface area contributed by atoms with Crippen LogP contribution in [0.4, 0.5) is 5.69 Å². The molecule has 0 radical (unpaired) electrons. The number of imidazole rings is 1. The van der Waals surface area contributed by atoms with Crippen LogP contribution in [-0.4, -0.2) is 38.0 Å². The van der Waals surface area contributed by atoms with Crippen molar-refractivity contribution in [3.8, 4) is 11.4 Å². The van der Waals surface area contributed by atoms with Crippen molar-refractivity contribution in [2.45, 2.75) is 62.9 Å². The average Bonchev–Trinajstić information content (AvgIpc) is 3.38. The lowest BCUT2D eigenvalue weighted by Crippen LogP contribution is -2.61. The summed E-state index contributed by atoms with van der Waals surface area (Å²) in [6, 6.07) is 23.1. The molecule has 2 saturated carbocycles. The Balaban J connectivity index is 1.22. The van der Waals surface area contributed by atoms with Crippen LogP contribution in [0.25, 0.3) is 28.5 Å². The van der Waals surface area contributed by atoms with E-state index in [0.717, 1.165) is 47.8 Å². The van der Waals surface area contributed by atoms with Crippen molar-refractivity contribution < 1.29 is 19.5 Å². The molecular formula is C34H34N4O4. The zero-order valence-electron chi connectivity index (χ0n) is 23.4. The molecule has 6 rings (SSSR count). The first kappa shape index (κ1) is 27.4. The van der Waals surface area contributed by atoms with Crippen molar-refractivity contribution in [2.75, 3.05) is 5.32 Å². The maximum absolute atomic E-state index is 13.5. The van der Waals surface area contributed by atoms with E-state index < -0.39 is 11.5 Å². The number of carboxylic acid groups (broad SMARTS) is 1. The number of rotatable bonds is 8. The van der Waals surface area contributed by atoms with Crippen molar-refractivity contribution in [1.82, 2.24) is 14.9 Å². The van der Waals surface area contributed by atoms with Crippen LogP contribution in [0, 0.1) is 0 Å². The molecule has 2 amide bonds. The van der Waals surface area contributed by atoms with Gasteiger partial charge < -0.3 is 20.3 Å². The second-order valence-electron chi connectivity index (χ2n) is 11.3. The van der Waals surface area contributed by atoms with Gasteiger partial charge in [-0.3, -0.25) is 9.59 Å². The average molecular weight is 563 g/mol. The Morgan fingerprint density at radius 2 is 1.64 bits per heavy atom. The van der Waals surface area contributed by atoms with Gasteiger partial charge in [-0.25, -0.2) is 9.78 Å². The molecule has 0 bridgehead atoms. The number of anilines is 1. The molecule has 0 aliphatic heterocycles. The molecule has 0 atom stereocenters. The van der Waals surface area contributed by atoms with E-state index in [1.165, 1.54) is 25.3 Å². The Bertz CT molecular complexity index is 1650. The van der Waals surface area contributed by atoms with Crippen LogP contribution in [0.15, 0.2) is 78.9 Å². The number of hydrogen-bond donors (Lipinski definition) is 3. The highest BCUT2D eigenvalue weighted by molar-refractivity contribution is 6.05. The maximum atomic E-state index is 13.5. The molecule has 42 heavy (non-hydrogen) atoms. The van der Waals surface area contributed by atoms with Crippen LogP contribution in [-0.2, 0) is 9.59 Å². The fourth-order valence-corrected chi connectivity index (χ4v) is 6.06. The topological polar surface area (TPSA) is 113 Å². The zero-order chi connectivity index (χ0) is 29.1. The zero-order valence-corrected chi connectivity index (χ0v) is 23.4. The van der Waals surface area contributed by atoms with Crippen LogP contribution in [0.2, 0.25) is 0 Å². The van der Waals surface area contributed by atoms with Crippen molar-refractivity contribution in [1.29, 1.82) is 0 Å². The van der Waals surface area contributed by atoms with Crippen LogP contribution >= 0.6 is 0 Å². The highest BCUT2D eigenvalue weighted by atomic mass is 16.4. The number of aromatic nitrogens is 2. The summed E-state index contributed by atoms with van der Waals surface area (Å²) in [6.07, 6.45) is 10.4. The van der Waals surface area contributed by atoms with Crippen molar-refractivity contribution in [2.24, 2.45) is 0 Å². The molecule has 0 unspecified atom stereocenters. The number of fused-ring (bicyclic) bond motifs is 1. The van der Waals surface area contributed by atoms with Gasteiger partial charge in [0.25, 0.3) is 5.91 Å². The van der Waals surface area contributed by atoms with Crippen LogP contribution < -0.4 is 10.6 Å². The Morgan fingerprint density at radius 3 is 2.31 bits per heavy atom. The van der Waals surface area contributed by atoms with E-state index in [9.17, 15) is 14.4 Å². The molecule has 2 aliphatic rings. The standard InChI is InChI=1S/C34H34N4O4/c39-30(40)19-14-23-12-16-26(17-13-23)35-33(42)34(20-7-21-34)37-32(41)25-15-18-29-28(22-25)36-31(24-8-3-1-4-9-24)38(29)27-10-5-2-6-11-27/h1,3-4,8-9,12-19,22,27H,2,5-7,10-11,20-21H2,(H,35,42)(H,37,41)(H,39,40)/b19-14+. The maximum Gasteiger partial charge on any atom is 0.328 e. The summed E-state index contributed by atoms with van der Waals surface area (Å²) in [4.78, 5) is 42.6. The predicted molar refractivity (Wildman–Crippen MR) is 163 cm³/mol. The number of carbonyl (C=O) groups is 3. The minimum atomic E-state index is -1.02. The molecule has 3 N–H and O–H groups in total. The van der Waals surface area contributed by atoms with Gasteiger partial charge in [0, 0.05) is 28.9 Å². The Hall–Kier alpha value is -4.72. The van der Waals surface area contributed by atoms with Crippen molar-refractivity contribution in [3.05, 3.63) is 90.0 Å². The van der Waals surface area contributed by atoms with Gasteiger partial charge in [-0.05, 0) is 74.1 Å². The largest absolute Gasteiger partial charge is 0.478 e. The molecule has 0 saturated heterocycles. The van der Waals surface area contributed by atoms with Gasteiger partial charge in [0.1, 0.15) is 11.4 Å². The summed E-state index contributed by atoms with van der Waals surface area (Å²) in [7, 11) is 0. The van der Waals surface area contributed by atoms with E-state index >= 15 is 0 Å². The third-order valence-electron chi connectivity index (χ3n) is 8.50. The number of aliphatic carboxylic acids is 1. The highest BCUT2D eigenvalue weighted by Gasteiger charge is 2.45. The van der Waals surface area contributed by atoms with E-state index in [0.29, 0.717) is 35.7 Å². The molecule has 3 aromatic carbocycles. The Kier molecular flexibility index (Phi) is 7.61. The first-order chi connectivity index (χ1) is 20.4. The number of nitrogens with zero attached hydrogens (tertiary/aromatic N) is 2. The highest BCUT2D eigenvalue weighted by Crippen LogP contribution is 2.37. The van der Waals surface area contributed by atoms with Gasteiger partial charge in [0.05, 0.1) is 11.0 Å². The molecule has 0 spiro atoms. The minimum Gasteiger partial charge on any atom is -0.478 e. The van der Waals surface area contributed by atoms with Crippen molar-refractivity contribution >= 4 is 40.6 Å². The third kappa shape index (κ3) is 5.57. The molecule has 2 aliphatic carbocycles. The molecule has 2 fully saturated rings. The summed E-state index contributed by atoms with van der Waals surface area (Å²) in [5, 5.41) is 14.8. The number of benzene rings is 3. The summed E-state index contributed by atoms with van der Waals surface area (Å²) in [6.45, 7) is 0. The Morgan fingerprint density at radius 1 is 0.905 bits per heavy atom. The van der Waals surface area contributed by atoms with E-state index in [4.69, 9.17) is 10.1 Å². The normalized spacial score (nSPS) is 16.7. The van der Waals surface area contributed by atoms with Gasteiger partial charge in [0.2, 0.25) is 5.91 Å². The molecule has 4 aromatic rings. The van der Waals surface area contributed by atoms with Crippen LogP contribution in [0.1, 0.15) is 73.3 Å². The predicted octanol–water partition coefficient (Wildman–Crippen LogP) is 6.60. The van der Waals surface area contributed by atoms with Gasteiger partial charge >= 0.3 is 5.97 Å². The number of carbonyl (C=O) groups excluding carboxylic acids is 2. The first-order valence-electron chi connectivity index (χ1n) is 14.6. The second kappa shape index (κ2) is 11.6. The quantitative estimate of drug-likeness (QED) is 0.210. The number of carboxylic acids is 1. The molecule has 1 heterocycles. The van der Waals surface area contributed by atoms with Gasteiger partial charge in [0.15, 0.2) is 0 Å². The lowest BCUT2D eigenvalue weighted by molar-refractivity contribution is -0.131. The van der Waals surface area contributed by atoms with Gasteiger partial charge in [-0.15, -0.1) is 0 Å². The summed E-state index contributed by atoms with van der Waals surface area (Å²) in [5.74, 6) is -0.655. The molecule has 214 valence electrons. The fourth-order valence-electron chi connectivity index (χ4n) is 6.06. The van der Waals surface area contributed by atoms with E-state index in [1.807, 2.05) is 36.4 Å². The SMILES string of the molecule is O=C(O)/C=C/c1ccc(NC(=O)C2(NC(=O)c3ccc4c(c3)nc(-c3ccccc3)n4C3CCCCC3)CCC2)cc1. The lowest BCUT2D eigenvalue weighted by atomic mass is 9.75. The summed E-state index contributed by atoms with van der Waals surface area (Å²) < 4.78 is 2.36. The van der Waals surface area contributed by atoms with E-state index in [-0.39, 0.29) is 11.8 Å². The van der Waals surface area contributed by atoms with Gasteiger partial charge in [-0.2, -0.15) is 0 Å². The Labute approximate surface area is 244 Å². The monoisotopic (exact) mass is 562 g/mol. The van der Waals surface area contributed by atoms with E-state index in [2.05, 4.69) is 27.3 Å². The smallest absolute Gasteiger partial charge is 0.328 e. The number of hydrogen-bond acceptors (Lipinski definition) is 4. The molecule has 8 heteroatoms. The third-order valence-corrected chi connectivity index (χ3v) is 8.50. The molecule has 8 nitrogen and oxygen atoms in total. The molecule has 1 aromatic heterocycles. The lowest BCUT2D eigenvalue weighted by Gasteiger charge is -2.40. The van der Waals surface area contributed by atoms with Crippen molar-refractivity contribution in [3.63, 3.8) is 0 Å². The van der Waals surface area contributed by atoms with Crippen LogP contribution in [0.5, 0.6) is 0 Å². The minimum absolute atomic E-state index is 0.259. The summed E-state index contributed by atoms with van der Waals surface area (Å²) in [5.41, 5.74) is 3.64. The van der Waals surface area contributed by atoms with Gasteiger partial charge in [-0.1, -0.05) is 61.7 Å². The van der Waals surface area contributed by atoms with E-state index in [1.54, 1.807) is 24.3 Å². The molecular weight excluding hydrogens is 528 g/mol. The van der Waals surface area contributed by atoms with Crippen LogP contribution in [0.3, 0.4) is 0 Å². The summed E-state index contributed by atoms with van der Waals surface area (Å²) >= 11 is 0. The number of nitrogens with one attached hydrogen (secondary N) is 2. The number of amides is 2. The fraction of sp³-hybridized carbons (Fsp3) is 0.294.